The molecular formula is C18H24N4O2. The summed E-state index contributed by atoms with van der Waals surface area (Å²) in [6, 6.07) is 5.44. The largest absolute Gasteiger partial charge is 0.465 e. The molecule has 1 atom stereocenters. The third-order valence-corrected chi connectivity index (χ3v) is 4.57. The molecule has 1 fully saturated rings. The molecule has 0 saturated carbocycles. The SMILES string of the molecule is Cc1cc(CN2CCC(CNC(=O)c3ccc(N)nc3)C2)oc1C. The molecule has 1 saturated heterocycles. The molecule has 3 N–H and O–H groups in total. The van der Waals surface area contributed by atoms with E-state index < -0.39 is 0 Å². The highest BCUT2D eigenvalue weighted by molar-refractivity contribution is 5.93. The van der Waals surface area contributed by atoms with E-state index in [0.29, 0.717) is 23.8 Å². The fourth-order valence-electron chi connectivity index (χ4n) is 3.05. The van der Waals surface area contributed by atoms with Gasteiger partial charge in [-0.3, -0.25) is 9.69 Å². The van der Waals surface area contributed by atoms with Gasteiger partial charge in [0.05, 0.1) is 12.1 Å². The Hall–Kier alpha value is -2.34. The van der Waals surface area contributed by atoms with Gasteiger partial charge in [-0.25, -0.2) is 4.98 Å². The number of nitrogen functional groups attached to an aromatic ring is 1. The third-order valence-electron chi connectivity index (χ3n) is 4.57. The summed E-state index contributed by atoms with van der Waals surface area (Å²) in [5, 5.41) is 2.99. The van der Waals surface area contributed by atoms with Crippen LogP contribution in [0.3, 0.4) is 0 Å². The molecule has 0 radical (unpaired) electrons. The van der Waals surface area contributed by atoms with Crippen LogP contribution in [-0.4, -0.2) is 35.4 Å². The number of nitrogens with two attached hydrogens (primary N) is 1. The number of likely N-dealkylation sites (tertiary alicyclic amines) is 1. The van der Waals surface area contributed by atoms with Crippen molar-refractivity contribution in [3.05, 3.63) is 47.0 Å². The molecular weight excluding hydrogens is 304 g/mol. The number of hydrogen-bond donors (Lipinski definition) is 2. The molecule has 0 spiro atoms. The monoisotopic (exact) mass is 328 g/mol. The average molecular weight is 328 g/mol. The van der Waals surface area contributed by atoms with Crippen molar-refractivity contribution in [3.8, 4) is 0 Å². The Kier molecular flexibility index (Phi) is 4.85. The lowest BCUT2D eigenvalue weighted by Gasteiger charge is -2.15. The Morgan fingerprint density at radius 3 is 2.96 bits per heavy atom. The van der Waals surface area contributed by atoms with Crippen molar-refractivity contribution < 1.29 is 9.21 Å². The molecule has 2 aromatic rings. The number of rotatable bonds is 5. The summed E-state index contributed by atoms with van der Waals surface area (Å²) in [7, 11) is 0. The van der Waals surface area contributed by atoms with Crippen LogP contribution >= 0.6 is 0 Å². The molecule has 2 aromatic heterocycles. The molecule has 3 heterocycles. The van der Waals surface area contributed by atoms with E-state index in [4.69, 9.17) is 10.2 Å². The number of hydrogen-bond acceptors (Lipinski definition) is 5. The van der Waals surface area contributed by atoms with Crippen molar-refractivity contribution in [1.82, 2.24) is 15.2 Å². The molecule has 0 aliphatic carbocycles. The summed E-state index contributed by atoms with van der Waals surface area (Å²) in [5.74, 6) is 2.79. The van der Waals surface area contributed by atoms with Gasteiger partial charge in [-0.2, -0.15) is 0 Å². The van der Waals surface area contributed by atoms with Crippen LogP contribution in [0.4, 0.5) is 5.82 Å². The molecule has 6 nitrogen and oxygen atoms in total. The lowest BCUT2D eigenvalue weighted by molar-refractivity contribution is 0.0947. The van der Waals surface area contributed by atoms with E-state index in [9.17, 15) is 4.79 Å². The standard InChI is InChI=1S/C18H24N4O2/c1-12-7-16(24-13(12)2)11-22-6-5-14(10-22)8-21-18(23)15-3-4-17(19)20-9-15/h3-4,7,9,14H,5-6,8,10-11H2,1-2H3,(H2,19,20)(H,21,23). The van der Waals surface area contributed by atoms with E-state index in [0.717, 1.165) is 37.6 Å². The van der Waals surface area contributed by atoms with Gasteiger partial charge >= 0.3 is 0 Å². The predicted molar refractivity (Wildman–Crippen MR) is 92.5 cm³/mol. The summed E-state index contributed by atoms with van der Waals surface area (Å²) in [6.45, 7) is 7.57. The zero-order chi connectivity index (χ0) is 17.1. The lowest BCUT2D eigenvalue weighted by Crippen LogP contribution is -2.31. The summed E-state index contributed by atoms with van der Waals surface area (Å²) >= 11 is 0. The minimum absolute atomic E-state index is 0.0989. The zero-order valence-corrected chi connectivity index (χ0v) is 14.2. The quantitative estimate of drug-likeness (QED) is 0.878. The number of aryl methyl sites for hydroxylation is 2. The van der Waals surface area contributed by atoms with Gasteiger partial charge in [-0.1, -0.05) is 0 Å². The summed E-state index contributed by atoms with van der Waals surface area (Å²) in [4.78, 5) is 18.4. The van der Waals surface area contributed by atoms with Crippen LogP contribution in [0.2, 0.25) is 0 Å². The topological polar surface area (TPSA) is 84.4 Å². The van der Waals surface area contributed by atoms with E-state index in [2.05, 4.69) is 28.2 Å². The van der Waals surface area contributed by atoms with Crippen molar-refractivity contribution in [2.45, 2.75) is 26.8 Å². The Labute approximate surface area is 142 Å². The molecule has 3 rings (SSSR count). The van der Waals surface area contributed by atoms with Crippen molar-refractivity contribution >= 4 is 11.7 Å². The molecule has 0 aromatic carbocycles. The van der Waals surface area contributed by atoms with Gasteiger partial charge in [0.1, 0.15) is 17.3 Å². The van der Waals surface area contributed by atoms with Gasteiger partial charge in [-0.05, 0) is 56.5 Å². The number of nitrogens with zero attached hydrogens (tertiary/aromatic N) is 2. The first-order valence-electron chi connectivity index (χ1n) is 8.29. The fourth-order valence-corrected chi connectivity index (χ4v) is 3.05. The summed E-state index contributed by atoms with van der Waals surface area (Å²) in [5.41, 5.74) is 7.28. The van der Waals surface area contributed by atoms with Crippen molar-refractivity contribution in [1.29, 1.82) is 0 Å². The van der Waals surface area contributed by atoms with Gasteiger partial charge in [-0.15, -0.1) is 0 Å². The lowest BCUT2D eigenvalue weighted by atomic mass is 10.1. The summed E-state index contributed by atoms with van der Waals surface area (Å²) < 4.78 is 5.75. The van der Waals surface area contributed by atoms with Crippen LogP contribution in [0.5, 0.6) is 0 Å². The highest BCUT2D eigenvalue weighted by Crippen LogP contribution is 2.21. The van der Waals surface area contributed by atoms with Gasteiger partial charge < -0.3 is 15.5 Å². The van der Waals surface area contributed by atoms with E-state index in [1.54, 1.807) is 12.1 Å². The number of carbonyl (C=O) groups excluding carboxylic acids is 1. The number of anilines is 1. The van der Waals surface area contributed by atoms with Crippen molar-refractivity contribution in [3.63, 3.8) is 0 Å². The van der Waals surface area contributed by atoms with Crippen LogP contribution in [0.15, 0.2) is 28.8 Å². The predicted octanol–water partition coefficient (Wildman–Crippen LogP) is 2.13. The van der Waals surface area contributed by atoms with E-state index in [1.807, 2.05) is 6.92 Å². The van der Waals surface area contributed by atoms with Gasteiger partial charge in [0.25, 0.3) is 5.91 Å². The number of pyridine rings is 1. The second kappa shape index (κ2) is 7.05. The molecule has 128 valence electrons. The summed E-state index contributed by atoms with van der Waals surface area (Å²) in [6.07, 6.45) is 2.59. The average Bonchev–Trinajstić information content (AvgIpc) is 3.12. The van der Waals surface area contributed by atoms with Crippen LogP contribution in [-0.2, 0) is 6.54 Å². The minimum atomic E-state index is -0.0989. The Morgan fingerprint density at radius 1 is 1.46 bits per heavy atom. The smallest absolute Gasteiger partial charge is 0.252 e. The van der Waals surface area contributed by atoms with Crippen LogP contribution in [0, 0.1) is 19.8 Å². The maximum absolute atomic E-state index is 12.1. The van der Waals surface area contributed by atoms with Crippen LogP contribution < -0.4 is 11.1 Å². The number of aromatic nitrogens is 1. The van der Waals surface area contributed by atoms with Crippen LogP contribution in [0.25, 0.3) is 0 Å². The maximum atomic E-state index is 12.1. The first-order chi connectivity index (χ1) is 11.5. The van der Waals surface area contributed by atoms with Gasteiger partial charge in [0, 0.05) is 19.3 Å². The van der Waals surface area contributed by atoms with Crippen molar-refractivity contribution in [2.75, 3.05) is 25.4 Å². The molecule has 24 heavy (non-hydrogen) atoms. The number of amides is 1. The Balaban J connectivity index is 1.46. The third kappa shape index (κ3) is 3.94. The molecule has 0 bridgehead atoms. The molecule has 6 heteroatoms. The number of carbonyl (C=O) groups is 1. The second-order valence-electron chi connectivity index (χ2n) is 6.52. The highest BCUT2D eigenvalue weighted by Gasteiger charge is 2.24. The second-order valence-corrected chi connectivity index (χ2v) is 6.52. The Bertz CT molecular complexity index is 689. The van der Waals surface area contributed by atoms with Gasteiger partial charge in [0.15, 0.2) is 0 Å². The first-order valence-corrected chi connectivity index (χ1v) is 8.29. The molecule has 1 amide bonds. The fraction of sp³-hybridized carbons (Fsp3) is 0.444. The van der Waals surface area contributed by atoms with E-state index >= 15 is 0 Å². The molecule has 1 aliphatic rings. The number of furan rings is 1. The van der Waals surface area contributed by atoms with Crippen molar-refractivity contribution in [2.24, 2.45) is 5.92 Å². The molecule has 1 unspecified atom stereocenters. The normalized spacial score (nSPS) is 18.0. The Morgan fingerprint density at radius 2 is 2.29 bits per heavy atom. The first kappa shape index (κ1) is 16.5. The van der Waals surface area contributed by atoms with Gasteiger partial charge in [0.2, 0.25) is 0 Å². The minimum Gasteiger partial charge on any atom is -0.465 e. The van der Waals surface area contributed by atoms with Crippen LogP contribution in [0.1, 0.15) is 33.9 Å². The highest BCUT2D eigenvalue weighted by atomic mass is 16.3. The molecule has 1 aliphatic heterocycles. The van der Waals surface area contributed by atoms with E-state index in [1.165, 1.54) is 11.8 Å². The number of nitrogens with one attached hydrogen (secondary N) is 1. The zero-order valence-electron chi connectivity index (χ0n) is 14.2. The van der Waals surface area contributed by atoms with E-state index in [-0.39, 0.29) is 5.91 Å². The maximum Gasteiger partial charge on any atom is 0.252 e.